The Kier molecular flexibility index (Phi) is 5.46. The number of Topliss-reactive ketones (excluding diaryl/α,β-unsaturated/α-hetero) is 1. The highest BCUT2D eigenvalue weighted by Gasteiger charge is 2.47. The van der Waals surface area contributed by atoms with Crippen molar-refractivity contribution in [1.29, 1.82) is 0 Å². The molecular formula is C26H26N2O4. The molecule has 0 saturated carbocycles. The Morgan fingerprint density at radius 1 is 1.12 bits per heavy atom. The topological polar surface area (TPSA) is 83.6 Å². The lowest BCUT2D eigenvalue weighted by Gasteiger charge is -2.24. The molecule has 164 valence electrons. The Balaban J connectivity index is 1.87. The average Bonchev–Trinajstić information content (AvgIpc) is 3.36. The molecule has 2 aromatic heterocycles. The summed E-state index contributed by atoms with van der Waals surface area (Å²) in [6.45, 7) is 8.31. The van der Waals surface area contributed by atoms with Crippen LogP contribution < -0.4 is 0 Å². The van der Waals surface area contributed by atoms with Gasteiger partial charge in [-0.3, -0.25) is 14.6 Å². The van der Waals surface area contributed by atoms with Crippen molar-refractivity contribution < 1.29 is 19.1 Å². The van der Waals surface area contributed by atoms with Gasteiger partial charge in [-0.25, -0.2) is 0 Å². The second-order valence-corrected chi connectivity index (χ2v) is 9.08. The van der Waals surface area contributed by atoms with Gasteiger partial charge in [0.05, 0.1) is 11.8 Å². The van der Waals surface area contributed by atoms with E-state index in [1.807, 2.05) is 25.1 Å². The fourth-order valence-electron chi connectivity index (χ4n) is 3.96. The predicted octanol–water partition coefficient (Wildman–Crippen LogP) is 4.90. The number of likely N-dealkylation sites (tertiary alicyclic amines) is 1. The number of hydrogen-bond donors (Lipinski definition) is 1. The number of carbonyl (C=O) groups excluding carboxylic acids is 2. The number of benzene rings is 1. The minimum atomic E-state index is -0.823. The number of pyridine rings is 1. The third-order valence-corrected chi connectivity index (χ3v) is 5.81. The summed E-state index contributed by atoms with van der Waals surface area (Å²) < 4.78 is 5.60. The molecule has 3 aromatic rings. The van der Waals surface area contributed by atoms with E-state index in [2.05, 4.69) is 25.8 Å². The number of rotatable bonds is 4. The van der Waals surface area contributed by atoms with Crippen LogP contribution in [-0.4, -0.2) is 26.7 Å². The van der Waals surface area contributed by atoms with E-state index >= 15 is 0 Å². The molecule has 0 spiro atoms. The number of aliphatic hydroxyl groups excluding tert-OH is 1. The van der Waals surface area contributed by atoms with E-state index in [1.165, 1.54) is 11.2 Å². The second kappa shape index (κ2) is 8.11. The molecule has 1 N–H and O–H groups in total. The maximum atomic E-state index is 13.2. The number of nitrogens with zero attached hydrogens (tertiary/aromatic N) is 2. The number of furan rings is 1. The smallest absolute Gasteiger partial charge is 0.296 e. The molecule has 1 saturated heterocycles. The van der Waals surface area contributed by atoms with Gasteiger partial charge in [-0.2, -0.15) is 0 Å². The summed E-state index contributed by atoms with van der Waals surface area (Å²) in [7, 11) is 0. The summed E-state index contributed by atoms with van der Waals surface area (Å²) in [5, 5.41) is 11.4. The Morgan fingerprint density at radius 2 is 1.84 bits per heavy atom. The van der Waals surface area contributed by atoms with Gasteiger partial charge >= 0.3 is 0 Å². The molecule has 1 aliphatic rings. The van der Waals surface area contributed by atoms with Crippen LogP contribution in [0.2, 0.25) is 0 Å². The minimum absolute atomic E-state index is 0.0353. The number of hydrogen-bond acceptors (Lipinski definition) is 5. The molecule has 4 rings (SSSR count). The van der Waals surface area contributed by atoms with E-state index in [9.17, 15) is 14.7 Å². The summed E-state index contributed by atoms with van der Waals surface area (Å²) in [4.78, 5) is 31.6. The second-order valence-electron chi connectivity index (χ2n) is 9.08. The number of amides is 1. The van der Waals surface area contributed by atoms with E-state index in [4.69, 9.17) is 4.42 Å². The van der Waals surface area contributed by atoms with Crippen molar-refractivity contribution in [3.63, 3.8) is 0 Å². The zero-order valence-electron chi connectivity index (χ0n) is 18.6. The fourth-order valence-corrected chi connectivity index (χ4v) is 3.96. The third-order valence-electron chi connectivity index (χ3n) is 5.81. The van der Waals surface area contributed by atoms with E-state index in [0.29, 0.717) is 11.3 Å². The van der Waals surface area contributed by atoms with Gasteiger partial charge in [0, 0.05) is 24.5 Å². The van der Waals surface area contributed by atoms with Crippen LogP contribution in [0.25, 0.3) is 5.76 Å². The van der Waals surface area contributed by atoms with Crippen molar-refractivity contribution in [2.24, 2.45) is 0 Å². The third kappa shape index (κ3) is 3.84. The summed E-state index contributed by atoms with van der Waals surface area (Å²) in [5.74, 6) is -1.16. The molecule has 1 unspecified atom stereocenters. The maximum Gasteiger partial charge on any atom is 0.296 e. The summed E-state index contributed by atoms with van der Waals surface area (Å²) in [6.07, 6.45) is 4.76. The average molecular weight is 431 g/mol. The SMILES string of the molecule is Cc1ccc(C(C)(C)C)cc1/C(O)=C1\C(=O)C(=O)N(Cc2ccncc2)C1c1ccco1. The van der Waals surface area contributed by atoms with Crippen LogP contribution in [0.4, 0.5) is 0 Å². The van der Waals surface area contributed by atoms with Gasteiger partial charge in [0.15, 0.2) is 0 Å². The van der Waals surface area contributed by atoms with Gasteiger partial charge in [-0.05, 0) is 59.4 Å². The van der Waals surface area contributed by atoms with Crippen molar-refractivity contribution >= 4 is 17.4 Å². The van der Waals surface area contributed by atoms with Gasteiger partial charge in [0.25, 0.3) is 11.7 Å². The zero-order valence-corrected chi connectivity index (χ0v) is 18.6. The number of aliphatic hydroxyl groups is 1. The van der Waals surface area contributed by atoms with Crippen LogP contribution in [0.5, 0.6) is 0 Å². The summed E-state index contributed by atoms with van der Waals surface area (Å²) in [6, 6.07) is 12.0. The highest BCUT2D eigenvalue weighted by atomic mass is 16.3. The molecule has 1 aliphatic heterocycles. The lowest BCUT2D eigenvalue weighted by Crippen LogP contribution is -2.29. The quantitative estimate of drug-likeness (QED) is 0.361. The molecule has 0 radical (unpaired) electrons. The predicted molar refractivity (Wildman–Crippen MR) is 121 cm³/mol. The number of aromatic nitrogens is 1. The van der Waals surface area contributed by atoms with Crippen LogP contribution in [0.3, 0.4) is 0 Å². The number of ketones is 1. The van der Waals surface area contributed by atoms with Crippen molar-refractivity contribution in [2.75, 3.05) is 0 Å². The van der Waals surface area contributed by atoms with Crippen molar-refractivity contribution in [3.8, 4) is 0 Å². The zero-order chi connectivity index (χ0) is 23.0. The first-order valence-corrected chi connectivity index (χ1v) is 10.5. The van der Waals surface area contributed by atoms with Crippen molar-refractivity contribution in [3.05, 3.63) is 94.7 Å². The molecule has 6 heteroatoms. The lowest BCUT2D eigenvalue weighted by atomic mass is 9.84. The fraction of sp³-hybridized carbons (Fsp3) is 0.269. The molecule has 6 nitrogen and oxygen atoms in total. The van der Waals surface area contributed by atoms with Crippen LogP contribution >= 0.6 is 0 Å². The van der Waals surface area contributed by atoms with E-state index in [1.54, 1.807) is 36.7 Å². The molecule has 1 atom stereocenters. The van der Waals surface area contributed by atoms with Gasteiger partial charge < -0.3 is 14.4 Å². The van der Waals surface area contributed by atoms with Crippen LogP contribution in [-0.2, 0) is 21.5 Å². The molecular weight excluding hydrogens is 404 g/mol. The highest BCUT2D eigenvalue weighted by Crippen LogP contribution is 2.41. The monoisotopic (exact) mass is 430 g/mol. The molecule has 32 heavy (non-hydrogen) atoms. The summed E-state index contributed by atoms with van der Waals surface area (Å²) >= 11 is 0. The molecule has 1 aromatic carbocycles. The highest BCUT2D eigenvalue weighted by molar-refractivity contribution is 6.46. The first-order valence-electron chi connectivity index (χ1n) is 10.5. The van der Waals surface area contributed by atoms with E-state index in [0.717, 1.165) is 16.7 Å². The van der Waals surface area contributed by atoms with Crippen molar-refractivity contribution in [1.82, 2.24) is 9.88 Å². The Hall–Kier alpha value is -3.67. The largest absolute Gasteiger partial charge is 0.507 e. The minimum Gasteiger partial charge on any atom is -0.507 e. The molecule has 0 bridgehead atoms. The molecule has 3 heterocycles. The van der Waals surface area contributed by atoms with Gasteiger partial charge in [0.2, 0.25) is 0 Å². The first kappa shape index (κ1) is 21.6. The van der Waals surface area contributed by atoms with Gasteiger partial charge in [-0.1, -0.05) is 32.9 Å². The summed E-state index contributed by atoms with van der Waals surface area (Å²) in [5.41, 5.74) is 3.09. The van der Waals surface area contributed by atoms with Crippen LogP contribution in [0.15, 0.2) is 71.1 Å². The number of aryl methyl sites for hydroxylation is 1. The lowest BCUT2D eigenvalue weighted by molar-refractivity contribution is -0.140. The Bertz CT molecular complexity index is 1190. The van der Waals surface area contributed by atoms with Gasteiger partial charge in [-0.15, -0.1) is 0 Å². The Morgan fingerprint density at radius 3 is 2.47 bits per heavy atom. The molecule has 0 aliphatic carbocycles. The Labute approximate surface area is 187 Å². The first-order chi connectivity index (χ1) is 15.2. The van der Waals surface area contributed by atoms with Crippen LogP contribution in [0.1, 0.15) is 54.8 Å². The number of carbonyl (C=O) groups is 2. The van der Waals surface area contributed by atoms with Gasteiger partial charge in [0.1, 0.15) is 17.6 Å². The van der Waals surface area contributed by atoms with E-state index < -0.39 is 17.7 Å². The molecule has 1 amide bonds. The molecule has 1 fully saturated rings. The van der Waals surface area contributed by atoms with Crippen molar-refractivity contribution in [2.45, 2.75) is 45.7 Å². The maximum absolute atomic E-state index is 13.2. The van der Waals surface area contributed by atoms with E-state index in [-0.39, 0.29) is 23.3 Å². The van der Waals surface area contributed by atoms with Crippen LogP contribution in [0, 0.1) is 6.92 Å². The normalized spacial score (nSPS) is 18.4. The standard InChI is InChI=1S/C26H26N2O4/c1-16-7-8-18(26(2,3)4)14-19(16)23(29)21-22(20-6-5-13-32-20)28(25(31)24(21)30)15-17-9-11-27-12-10-17/h5-14,22,29H,15H2,1-4H3/b23-21+.